The summed E-state index contributed by atoms with van der Waals surface area (Å²) in [7, 11) is 5.07. The van der Waals surface area contributed by atoms with Crippen LogP contribution in [0, 0.1) is 0 Å². The van der Waals surface area contributed by atoms with Gasteiger partial charge in [-0.3, -0.25) is 4.90 Å². The number of rotatable bonds is 5. The van der Waals surface area contributed by atoms with Crippen molar-refractivity contribution in [3.05, 3.63) is 53.1 Å². The van der Waals surface area contributed by atoms with Crippen LogP contribution in [-0.4, -0.2) is 31.8 Å². The number of hydrogen-bond acceptors (Lipinski definition) is 4. The first-order chi connectivity index (χ1) is 12.0. The quantitative estimate of drug-likeness (QED) is 0.821. The van der Waals surface area contributed by atoms with Crippen molar-refractivity contribution in [1.82, 2.24) is 4.90 Å². The highest BCUT2D eigenvalue weighted by atomic mass is 16.5. The molecule has 4 heteroatoms. The van der Waals surface area contributed by atoms with Crippen LogP contribution in [0.5, 0.6) is 17.2 Å². The number of hydrogen-bond donors (Lipinski definition) is 0. The lowest BCUT2D eigenvalue weighted by Gasteiger charge is -2.43. The van der Waals surface area contributed by atoms with E-state index in [4.69, 9.17) is 14.2 Å². The van der Waals surface area contributed by atoms with Crippen molar-refractivity contribution in [2.75, 3.05) is 21.3 Å². The molecule has 1 aliphatic heterocycles. The van der Waals surface area contributed by atoms with Gasteiger partial charge in [0, 0.05) is 18.6 Å². The molecular weight excluding hydrogens is 314 g/mol. The van der Waals surface area contributed by atoms with E-state index < -0.39 is 0 Å². The van der Waals surface area contributed by atoms with Crippen molar-refractivity contribution in [1.29, 1.82) is 0 Å². The fraction of sp³-hybridized carbons (Fsp3) is 0.429. The molecule has 0 N–H and O–H groups in total. The number of methoxy groups -OCH3 is 3. The van der Waals surface area contributed by atoms with E-state index in [1.807, 2.05) is 12.1 Å². The lowest BCUT2D eigenvalue weighted by atomic mass is 9.85. The predicted octanol–water partition coefficient (Wildman–Crippen LogP) is 4.05. The molecule has 0 atom stereocenters. The third-order valence-corrected chi connectivity index (χ3v) is 5.08. The lowest BCUT2D eigenvalue weighted by Crippen LogP contribution is -2.47. The van der Waals surface area contributed by atoms with E-state index >= 15 is 0 Å². The maximum atomic E-state index is 5.48. The summed E-state index contributed by atoms with van der Waals surface area (Å²) in [5.41, 5.74) is 4.02. The number of benzene rings is 2. The van der Waals surface area contributed by atoms with Crippen molar-refractivity contribution in [3.63, 3.8) is 0 Å². The first kappa shape index (κ1) is 17.6. The molecular formula is C21H27NO3. The Labute approximate surface area is 150 Å². The van der Waals surface area contributed by atoms with Gasteiger partial charge >= 0.3 is 0 Å². The zero-order chi connectivity index (χ0) is 18.0. The summed E-state index contributed by atoms with van der Waals surface area (Å²) in [4.78, 5) is 2.52. The van der Waals surface area contributed by atoms with Crippen LogP contribution in [0.1, 0.15) is 30.5 Å². The maximum Gasteiger partial charge on any atom is 0.161 e. The van der Waals surface area contributed by atoms with Crippen LogP contribution in [0.25, 0.3) is 0 Å². The Kier molecular flexibility index (Phi) is 4.91. The maximum absolute atomic E-state index is 5.48. The Morgan fingerprint density at radius 2 is 1.48 bits per heavy atom. The molecule has 4 nitrogen and oxygen atoms in total. The second-order valence-electron chi connectivity index (χ2n) is 7.17. The van der Waals surface area contributed by atoms with Crippen LogP contribution >= 0.6 is 0 Å². The van der Waals surface area contributed by atoms with Crippen molar-refractivity contribution in [2.45, 2.75) is 38.9 Å². The van der Waals surface area contributed by atoms with Crippen LogP contribution in [0.15, 0.2) is 36.4 Å². The van der Waals surface area contributed by atoms with Gasteiger partial charge in [-0.25, -0.2) is 0 Å². The van der Waals surface area contributed by atoms with Crippen LogP contribution < -0.4 is 14.2 Å². The van der Waals surface area contributed by atoms with Gasteiger partial charge < -0.3 is 14.2 Å². The molecule has 1 heterocycles. The van der Waals surface area contributed by atoms with Crippen molar-refractivity contribution >= 4 is 0 Å². The van der Waals surface area contributed by atoms with E-state index in [0.717, 1.165) is 36.8 Å². The number of nitrogens with zero attached hydrogens (tertiary/aromatic N) is 1. The minimum Gasteiger partial charge on any atom is -0.497 e. The van der Waals surface area contributed by atoms with E-state index in [1.165, 1.54) is 16.7 Å². The molecule has 3 rings (SSSR count). The Morgan fingerprint density at radius 1 is 0.880 bits per heavy atom. The first-order valence-electron chi connectivity index (χ1n) is 8.58. The molecule has 0 saturated carbocycles. The Hall–Kier alpha value is -2.20. The summed E-state index contributed by atoms with van der Waals surface area (Å²) in [6.45, 7) is 6.41. The molecule has 0 saturated heterocycles. The summed E-state index contributed by atoms with van der Waals surface area (Å²) in [5, 5.41) is 0. The molecule has 0 aliphatic carbocycles. The number of ether oxygens (including phenoxy) is 3. The molecule has 0 bridgehead atoms. The van der Waals surface area contributed by atoms with Crippen LogP contribution in [0.3, 0.4) is 0 Å². The summed E-state index contributed by atoms with van der Waals surface area (Å²) in [6, 6.07) is 12.6. The van der Waals surface area contributed by atoms with Crippen molar-refractivity contribution in [2.24, 2.45) is 0 Å². The minimum atomic E-state index is 0.0759. The standard InChI is InChI=1S/C21H27NO3/c1-21(2)12-16-10-19(24-4)20(25-5)11-17(16)14-22(21)13-15-6-8-18(23-3)9-7-15/h6-11H,12-14H2,1-5H3. The normalized spacial score (nSPS) is 16.2. The van der Waals surface area contributed by atoms with Crippen molar-refractivity contribution < 1.29 is 14.2 Å². The molecule has 25 heavy (non-hydrogen) atoms. The highest BCUT2D eigenvalue weighted by Crippen LogP contribution is 2.38. The molecule has 1 aliphatic rings. The van der Waals surface area contributed by atoms with Gasteiger partial charge in [0.05, 0.1) is 21.3 Å². The minimum absolute atomic E-state index is 0.0759. The average Bonchev–Trinajstić information content (AvgIpc) is 2.61. The topological polar surface area (TPSA) is 30.9 Å². The Balaban J connectivity index is 1.86. The lowest BCUT2D eigenvalue weighted by molar-refractivity contribution is 0.0887. The van der Waals surface area contributed by atoms with E-state index in [2.05, 4.69) is 43.0 Å². The third kappa shape index (κ3) is 3.59. The van der Waals surface area contributed by atoms with Gasteiger partial charge in [0.2, 0.25) is 0 Å². The molecule has 0 spiro atoms. The molecule has 134 valence electrons. The molecule has 0 unspecified atom stereocenters. The average molecular weight is 341 g/mol. The fourth-order valence-electron chi connectivity index (χ4n) is 3.49. The summed E-state index contributed by atoms with van der Waals surface area (Å²) in [6.07, 6.45) is 0.985. The zero-order valence-electron chi connectivity index (χ0n) is 15.8. The highest BCUT2D eigenvalue weighted by molar-refractivity contribution is 5.49. The Morgan fingerprint density at radius 3 is 2.04 bits per heavy atom. The third-order valence-electron chi connectivity index (χ3n) is 5.08. The van der Waals surface area contributed by atoms with Crippen molar-refractivity contribution in [3.8, 4) is 17.2 Å². The molecule has 2 aromatic carbocycles. The van der Waals surface area contributed by atoms with Crippen LogP contribution in [0.4, 0.5) is 0 Å². The zero-order valence-corrected chi connectivity index (χ0v) is 15.8. The van der Waals surface area contributed by atoms with E-state index in [9.17, 15) is 0 Å². The van der Waals surface area contributed by atoms with Gasteiger partial charge in [-0.2, -0.15) is 0 Å². The van der Waals surface area contributed by atoms with Gasteiger partial charge in [0.25, 0.3) is 0 Å². The van der Waals surface area contributed by atoms with E-state index in [-0.39, 0.29) is 5.54 Å². The summed E-state index contributed by atoms with van der Waals surface area (Å²) in [5.74, 6) is 2.50. The van der Waals surface area contributed by atoms with Gasteiger partial charge in [-0.05, 0) is 61.2 Å². The van der Waals surface area contributed by atoms with Gasteiger partial charge in [0.1, 0.15) is 5.75 Å². The van der Waals surface area contributed by atoms with Gasteiger partial charge in [0.15, 0.2) is 11.5 Å². The highest BCUT2D eigenvalue weighted by Gasteiger charge is 2.33. The Bertz CT molecular complexity index is 738. The molecule has 0 aromatic heterocycles. The number of fused-ring (bicyclic) bond motifs is 1. The van der Waals surface area contributed by atoms with Crippen LogP contribution in [-0.2, 0) is 19.5 Å². The summed E-state index contributed by atoms with van der Waals surface area (Å²) < 4.78 is 16.2. The molecule has 0 amide bonds. The first-order valence-corrected chi connectivity index (χ1v) is 8.58. The second kappa shape index (κ2) is 6.96. The predicted molar refractivity (Wildman–Crippen MR) is 99.6 cm³/mol. The monoisotopic (exact) mass is 341 g/mol. The largest absolute Gasteiger partial charge is 0.497 e. The van der Waals surface area contributed by atoms with Gasteiger partial charge in [-0.15, -0.1) is 0 Å². The molecule has 0 fully saturated rings. The molecule has 0 radical (unpaired) electrons. The second-order valence-corrected chi connectivity index (χ2v) is 7.17. The fourth-order valence-corrected chi connectivity index (χ4v) is 3.49. The van der Waals surface area contributed by atoms with Gasteiger partial charge in [-0.1, -0.05) is 12.1 Å². The van der Waals surface area contributed by atoms with E-state index in [1.54, 1.807) is 21.3 Å². The molecule has 2 aromatic rings. The SMILES string of the molecule is COc1ccc(CN2Cc3cc(OC)c(OC)cc3CC2(C)C)cc1. The van der Waals surface area contributed by atoms with E-state index in [0.29, 0.717) is 0 Å². The summed E-state index contributed by atoms with van der Waals surface area (Å²) >= 11 is 0. The van der Waals surface area contributed by atoms with Crippen LogP contribution in [0.2, 0.25) is 0 Å². The smallest absolute Gasteiger partial charge is 0.161 e.